The Bertz CT molecular complexity index is 711. The molecule has 0 aromatic heterocycles. The standard InChI is InChI=1S/C19H27F3N4O2.HI/c1-23-18(25-12-19(9-4-5-10-19)16(27)26(2)3)24-11-13-14(20)7-6-8-15(13)28-17(21)22;/h6-8,17H,4-5,9-12H2,1-3H3,(H2,23,24,25);1H. The number of hydrogen-bond donors (Lipinski definition) is 2. The van der Waals surface area contributed by atoms with E-state index in [9.17, 15) is 18.0 Å². The van der Waals surface area contributed by atoms with E-state index >= 15 is 0 Å². The number of aliphatic imine (C=N–C) groups is 1. The lowest BCUT2D eigenvalue weighted by Gasteiger charge is -2.31. The summed E-state index contributed by atoms with van der Waals surface area (Å²) in [6, 6.07) is 3.76. The molecule has 1 aromatic carbocycles. The highest BCUT2D eigenvalue weighted by molar-refractivity contribution is 14.0. The molecule has 29 heavy (non-hydrogen) atoms. The number of rotatable bonds is 7. The van der Waals surface area contributed by atoms with Crippen molar-refractivity contribution in [2.75, 3.05) is 27.7 Å². The van der Waals surface area contributed by atoms with Crippen molar-refractivity contribution in [2.24, 2.45) is 10.4 Å². The Hall–Kier alpha value is -1.72. The number of carbonyl (C=O) groups is 1. The van der Waals surface area contributed by atoms with Gasteiger partial charge < -0.3 is 20.3 Å². The third-order valence-electron chi connectivity index (χ3n) is 4.96. The number of ether oxygens (including phenoxy) is 1. The summed E-state index contributed by atoms with van der Waals surface area (Å²) in [4.78, 5) is 18.3. The lowest BCUT2D eigenvalue weighted by atomic mass is 9.84. The number of benzene rings is 1. The van der Waals surface area contributed by atoms with Crippen LogP contribution in [0.5, 0.6) is 5.75 Å². The topological polar surface area (TPSA) is 66.0 Å². The van der Waals surface area contributed by atoms with Crippen LogP contribution < -0.4 is 15.4 Å². The van der Waals surface area contributed by atoms with Gasteiger partial charge in [-0.2, -0.15) is 8.78 Å². The van der Waals surface area contributed by atoms with Gasteiger partial charge >= 0.3 is 6.61 Å². The van der Waals surface area contributed by atoms with Crippen LogP contribution in [0.2, 0.25) is 0 Å². The van der Waals surface area contributed by atoms with E-state index in [2.05, 4.69) is 20.4 Å². The fraction of sp³-hybridized carbons (Fsp3) is 0.579. The number of nitrogens with one attached hydrogen (secondary N) is 2. The molecule has 0 heterocycles. The summed E-state index contributed by atoms with van der Waals surface area (Å²) in [6.45, 7) is -2.75. The molecule has 1 aliphatic rings. The maximum Gasteiger partial charge on any atom is 0.387 e. The van der Waals surface area contributed by atoms with Crippen molar-refractivity contribution in [3.05, 3.63) is 29.6 Å². The maximum absolute atomic E-state index is 14.1. The van der Waals surface area contributed by atoms with Crippen molar-refractivity contribution in [1.29, 1.82) is 0 Å². The molecule has 0 unspecified atom stereocenters. The third kappa shape index (κ3) is 6.65. The monoisotopic (exact) mass is 528 g/mol. The van der Waals surface area contributed by atoms with E-state index in [4.69, 9.17) is 0 Å². The first-order chi connectivity index (χ1) is 13.3. The fourth-order valence-electron chi connectivity index (χ4n) is 3.55. The van der Waals surface area contributed by atoms with Crippen LogP contribution in [0.25, 0.3) is 0 Å². The second-order valence-corrected chi connectivity index (χ2v) is 7.06. The van der Waals surface area contributed by atoms with Gasteiger partial charge in [-0.05, 0) is 25.0 Å². The Morgan fingerprint density at radius 1 is 1.28 bits per heavy atom. The van der Waals surface area contributed by atoms with Crippen LogP contribution in [0.1, 0.15) is 31.2 Å². The zero-order chi connectivity index (χ0) is 20.7. The average Bonchev–Trinajstić information content (AvgIpc) is 3.12. The van der Waals surface area contributed by atoms with Crippen LogP contribution in [-0.4, -0.2) is 51.1 Å². The van der Waals surface area contributed by atoms with Crippen LogP contribution in [0.4, 0.5) is 13.2 Å². The number of guanidine groups is 1. The smallest absolute Gasteiger partial charge is 0.387 e. The fourth-order valence-corrected chi connectivity index (χ4v) is 3.55. The van der Waals surface area contributed by atoms with E-state index in [1.807, 2.05) is 0 Å². The Morgan fingerprint density at radius 3 is 2.48 bits per heavy atom. The van der Waals surface area contributed by atoms with E-state index in [0.29, 0.717) is 12.5 Å². The molecule has 1 aliphatic carbocycles. The second-order valence-electron chi connectivity index (χ2n) is 7.06. The van der Waals surface area contributed by atoms with Gasteiger partial charge in [-0.3, -0.25) is 9.79 Å². The highest BCUT2D eigenvalue weighted by atomic mass is 127. The van der Waals surface area contributed by atoms with Crippen LogP contribution in [0.3, 0.4) is 0 Å². The molecular weight excluding hydrogens is 500 g/mol. The van der Waals surface area contributed by atoms with Gasteiger partial charge in [0.15, 0.2) is 5.96 Å². The van der Waals surface area contributed by atoms with Crippen molar-refractivity contribution in [3.63, 3.8) is 0 Å². The Labute approximate surface area is 186 Å². The van der Waals surface area contributed by atoms with Gasteiger partial charge in [0.25, 0.3) is 0 Å². The summed E-state index contributed by atoms with van der Waals surface area (Å²) in [7, 11) is 5.01. The minimum Gasteiger partial charge on any atom is -0.434 e. The minimum atomic E-state index is -3.04. The van der Waals surface area contributed by atoms with E-state index in [1.54, 1.807) is 26.0 Å². The molecule has 1 saturated carbocycles. The number of alkyl halides is 2. The number of carbonyl (C=O) groups excluding carboxylic acids is 1. The lowest BCUT2D eigenvalue weighted by molar-refractivity contribution is -0.138. The zero-order valence-corrected chi connectivity index (χ0v) is 19.1. The normalized spacial score (nSPS) is 15.6. The molecule has 2 rings (SSSR count). The van der Waals surface area contributed by atoms with Crippen LogP contribution >= 0.6 is 24.0 Å². The van der Waals surface area contributed by atoms with Crippen LogP contribution in [-0.2, 0) is 11.3 Å². The molecule has 164 valence electrons. The Morgan fingerprint density at radius 2 is 1.93 bits per heavy atom. The van der Waals surface area contributed by atoms with E-state index < -0.39 is 17.8 Å². The summed E-state index contributed by atoms with van der Waals surface area (Å²) in [5, 5.41) is 6.02. The van der Waals surface area contributed by atoms with Gasteiger partial charge in [0.2, 0.25) is 5.91 Å². The van der Waals surface area contributed by atoms with Gasteiger partial charge in [-0.25, -0.2) is 4.39 Å². The molecule has 0 spiro atoms. The van der Waals surface area contributed by atoms with Crippen LogP contribution in [0.15, 0.2) is 23.2 Å². The number of nitrogens with zero attached hydrogens (tertiary/aromatic N) is 2. The van der Waals surface area contributed by atoms with Gasteiger partial charge in [0, 0.05) is 39.8 Å². The van der Waals surface area contributed by atoms with Gasteiger partial charge in [0.05, 0.1) is 5.41 Å². The summed E-state index contributed by atoms with van der Waals surface area (Å²) in [5.41, 5.74) is -0.519. The highest BCUT2D eigenvalue weighted by Gasteiger charge is 2.42. The van der Waals surface area contributed by atoms with E-state index in [-0.39, 0.29) is 47.7 Å². The SMILES string of the molecule is CN=C(NCc1c(F)cccc1OC(F)F)NCC1(C(=O)N(C)C)CCCC1.I. The van der Waals surface area contributed by atoms with E-state index in [0.717, 1.165) is 25.7 Å². The van der Waals surface area contributed by atoms with Gasteiger partial charge in [-0.15, -0.1) is 24.0 Å². The quantitative estimate of drug-likeness (QED) is 0.324. The zero-order valence-electron chi connectivity index (χ0n) is 16.8. The largest absolute Gasteiger partial charge is 0.434 e. The molecule has 0 saturated heterocycles. The predicted molar refractivity (Wildman–Crippen MR) is 116 cm³/mol. The molecule has 6 nitrogen and oxygen atoms in total. The molecule has 10 heteroatoms. The molecule has 1 fully saturated rings. The number of amides is 1. The first-order valence-corrected chi connectivity index (χ1v) is 9.17. The van der Waals surface area contributed by atoms with Crippen molar-refractivity contribution >= 4 is 35.8 Å². The Balaban J connectivity index is 0.00000420. The molecule has 1 amide bonds. The predicted octanol–water partition coefficient (Wildman–Crippen LogP) is 3.36. The molecule has 1 aromatic rings. The minimum absolute atomic E-state index is 0. The summed E-state index contributed by atoms with van der Waals surface area (Å²) >= 11 is 0. The number of halogens is 4. The van der Waals surface area contributed by atoms with Gasteiger partial charge in [-0.1, -0.05) is 18.9 Å². The Kier molecular flexibility index (Phi) is 10.0. The first kappa shape index (κ1) is 25.3. The van der Waals surface area contributed by atoms with Crippen LogP contribution in [0, 0.1) is 11.2 Å². The maximum atomic E-state index is 14.1. The molecule has 2 N–H and O–H groups in total. The average molecular weight is 528 g/mol. The second kappa shape index (κ2) is 11.5. The summed E-state index contributed by atoms with van der Waals surface area (Å²) < 4.78 is 43.5. The molecule has 0 atom stereocenters. The lowest BCUT2D eigenvalue weighted by Crippen LogP contribution is -2.49. The summed E-state index contributed by atoms with van der Waals surface area (Å²) in [5.74, 6) is -0.470. The third-order valence-corrected chi connectivity index (χ3v) is 4.96. The van der Waals surface area contributed by atoms with Crippen molar-refractivity contribution in [1.82, 2.24) is 15.5 Å². The summed E-state index contributed by atoms with van der Waals surface area (Å²) in [6.07, 6.45) is 3.54. The van der Waals surface area contributed by atoms with Crippen molar-refractivity contribution in [2.45, 2.75) is 38.8 Å². The van der Waals surface area contributed by atoms with Gasteiger partial charge in [0.1, 0.15) is 11.6 Å². The van der Waals surface area contributed by atoms with Crippen molar-refractivity contribution < 1.29 is 22.7 Å². The molecular formula is C19H28F3IN4O2. The molecule has 0 aliphatic heterocycles. The van der Waals surface area contributed by atoms with E-state index in [1.165, 1.54) is 18.2 Å². The highest BCUT2D eigenvalue weighted by Crippen LogP contribution is 2.38. The molecule has 0 radical (unpaired) electrons. The van der Waals surface area contributed by atoms with Crippen molar-refractivity contribution in [3.8, 4) is 5.75 Å². The number of hydrogen-bond acceptors (Lipinski definition) is 3. The molecule has 0 bridgehead atoms. The first-order valence-electron chi connectivity index (χ1n) is 9.17.